The molecule has 0 amide bonds. The lowest BCUT2D eigenvalue weighted by molar-refractivity contribution is 0.634. The molecule has 0 aliphatic rings. The first-order valence-electron chi connectivity index (χ1n) is 25.7. The first-order valence-corrected chi connectivity index (χ1v) is 14.2. The Labute approximate surface area is 306 Å². The second-order valence-corrected chi connectivity index (χ2v) is 10.3. The number of fused-ring (bicyclic) bond motifs is 3. The molecule has 0 unspecified atom stereocenters. The van der Waals surface area contributed by atoms with Crippen LogP contribution in [0.1, 0.15) is 31.5 Å². The highest BCUT2D eigenvalue weighted by Gasteiger charge is 2.26. The van der Waals surface area contributed by atoms with Crippen LogP contribution in [0.2, 0.25) is 0 Å². The average Bonchev–Trinajstić information content (AvgIpc) is 3.74. The Hall–Kier alpha value is -6.18. The molecule has 0 N–H and O–H groups in total. The molecule has 0 aliphatic heterocycles. The first-order chi connectivity index (χ1) is 32.9. The van der Waals surface area contributed by atoms with Crippen molar-refractivity contribution in [2.45, 2.75) is 0 Å². The van der Waals surface area contributed by atoms with Crippen molar-refractivity contribution in [1.29, 1.82) is 0 Å². The van der Waals surface area contributed by atoms with Gasteiger partial charge in [-0.3, -0.25) is 0 Å². The van der Waals surface area contributed by atoms with Crippen LogP contribution < -0.4 is 0 Å². The largest absolute Gasteiger partial charge is 0.455 e. The van der Waals surface area contributed by atoms with Gasteiger partial charge in [0.2, 0.25) is 0 Å². The number of hydrogen-bond acceptors (Lipinski definition) is 1. The molecule has 0 aliphatic carbocycles. The van der Waals surface area contributed by atoms with Crippen LogP contribution in [0.4, 0.5) is 0 Å². The van der Waals surface area contributed by atoms with Crippen molar-refractivity contribution >= 4 is 32.5 Å². The Balaban J connectivity index is 1.64. The lowest BCUT2D eigenvalue weighted by atomic mass is 9.84. The van der Waals surface area contributed by atoms with E-state index in [1.807, 2.05) is 0 Å². The van der Waals surface area contributed by atoms with Crippen molar-refractivity contribution in [3.63, 3.8) is 0 Å². The molecule has 1 aromatic heterocycles. The zero-order valence-corrected chi connectivity index (χ0v) is 23.9. The maximum atomic E-state index is 9.60. The van der Waals surface area contributed by atoms with Crippen LogP contribution in [-0.4, -0.2) is 0 Å². The summed E-state index contributed by atoms with van der Waals surface area (Å²) in [6, 6.07) is -7.87. The normalized spacial score (nSPS) is 18.3. The molecule has 47 heavy (non-hydrogen) atoms. The second-order valence-electron chi connectivity index (χ2n) is 10.3. The van der Waals surface area contributed by atoms with Gasteiger partial charge in [-0.05, 0) is 49.4 Å². The molecule has 0 spiro atoms. The minimum atomic E-state index is -0.871. The van der Waals surface area contributed by atoms with Crippen LogP contribution in [-0.2, 0) is 0 Å². The second kappa shape index (κ2) is 11.3. The van der Waals surface area contributed by atoms with Gasteiger partial charge in [0.15, 0.2) is 0 Å². The average molecular weight is 622 g/mol. The van der Waals surface area contributed by atoms with Gasteiger partial charge in [-0.15, -0.1) is 0 Å². The van der Waals surface area contributed by atoms with E-state index in [1.165, 1.54) is 42.5 Å². The van der Waals surface area contributed by atoms with Crippen molar-refractivity contribution in [1.82, 2.24) is 0 Å². The lowest BCUT2D eigenvalue weighted by Crippen LogP contribution is -1.92. The van der Waals surface area contributed by atoms with Crippen LogP contribution in [0.25, 0.3) is 88.3 Å². The molecule has 0 fully saturated rings. The minimum absolute atomic E-state index is 0.0480. The number of hydrogen-bond donors (Lipinski definition) is 0. The minimum Gasteiger partial charge on any atom is -0.455 e. The maximum Gasteiger partial charge on any atom is 0.143 e. The third kappa shape index (κ3) is 4.47. The molecule has 0 radical (unpaired) electrons. The van der Waals surface area contributed by atoms with Crippen molar-refractivity contribution in [3.8, 4) is 55.8 Å². The summed E-state index contributed by atoms with van der Waals surface area (Å²) >= 11 is 0. The van der Waals surface area contributed by atoms with E-state index in [9.17, 15) is 5.48 Å². The Kier molecular flexibility index (Phi) is 3.02. The van der Waals surface area contributed by atoms with Crippen LogP contribution in [0.15, 0.2) is 186 Å². The van der Waals surface area contributed by atoms with E-state index < -0.39 is 172 Å². The van der Waals surface area contributed by atoms with Gasteiger partial charge in [-0.2, -0.15) is 0 Å². The van der Waals surface area contributed by atoms with Crippen LogP contribution in [0.5, 0.6) is 0 Å². The number of rotatable bonds is 5. The van der Waals surface area contributed by atoms with E-state index in [-0.39, 0.29) is 55.7 Å². The summed E-state index contributed by atoms with van der Waals surface area (Å²) in [6.45, 7) is 0. The van der Waals surface area contributed by atoms with Gasteiger partial charge in [-0.25, -0.2) is 0 Å². The fourth-order valence-electron chi connectivity index (χ4n) is 5.92. The molecule has 1 nitrogen and oxygen atoms in total. The summed E-state index contributed by atoms with van der Waals surface area (Å²) in [5.41, 5.74) is -2.96. The van der Waals surface area contributed by atoms with Gasteiger partial charge in [0, 0.05) is 27.6 Å². The highest BCUT2D eigenvalue weighted by Crippen LogP contribution is 2.51. The van der Waals surface area contributed by atoms with Crippen molar-refractivity contribution < 1.29 is 35.9 Å². The van der Waals surface area contributed by atoms with E-state index in [0.29, 0.717) is 0 Å². The van der Waals surface area contributed by atoms with Crippen LogP contribution in [0, 0.1) is 0 Å². The van der Waals surface area contributed by atoms with Crippen molar-refractivity contribution in [3.05, 3.63) is 181 Å². The Morgan fingerprint density at radius 2 is 0.787 bits per heavy atom. The van der Waals surface area contributed by atoms with Gasteiger partial charge >= 0.3 is 0 Å². The van der Waals surface area contributed by atoms with Gasteiger partial charge in [0.1, 0.15) is 11.3 Å². The Morgan fingerprint density at radius 1 is 0.340 bits per heavy atom. The van der Waals surface area contributed by atoms with Crippen LogP contribution >= 0.6 is 0 Å². The fraction of sp³-hybridized carbons (Fsp3) is 0. The molecule has 0 bridgehead atoms. The van der Waals surface area contributed by atoms with Gasteiger partial charge in [0.05, 0.1) is 31.5 Å². The molecule has 9 rings (SSSR count). The molecular weight excluding hydrogens is 569 g/mol. The summed E-state index contributed by atoms with van der Waals surface area (Å²) in [6.07, 6.45) is 0. The third-order valence-corrected chi connectivity index (χ3v) is 7.80. The van der Waals surface area contributed by atoms with E-state index >= 15 is 0 Å². The quantitative estimate of drug-likeness (QED) is 0.174. The van der Waals surface area contributed by atoms with Crippen molar-refractivity contribution in [2.24, 2.45) is 0 Å². The standard InChI is InChI=1S/C46H30O/c1-4-17-31(18-5-1)34-23-10-15-28-40(34)46-44(41-30-16-29-35(45(41)47-46)32-19-6-2-7-20-32)43-38-26-13-11-24-36(38)42(33-21-8-3-9-22-33)37-25-12-14-27-39(37)43/h1-30H/i1D,2D,3D,4D,5D,6D,7D,8D,9D,11D,12D,13D,14D,17D,18D,19D,20D,21D,22D,24D,25D,26D,27D. The monoisotopic (exact) mass is 621 g/mol. The summed E-state index contributed by atoms with van der Waals surface area (Å²) in [4.78, 5) is 0. The molecule has 1 heteroatoms. The zero-order chi connectivity index (χ0) is 51.2. The van der Waals surface area contributed by atoms with Crippen molar-refractivity contribution in [2.75, 3.05) is 0 Å². The highest BCUT2D eigenvalue weighted by atomic mass is 16.3. The van der Waals surface area contributed by atoms with E-state index in [4.69, 9.17) is 30.5 Å². The molecule has 0 saturated heterocycles. The predicted octanol–water partition coefficient (Wildman–Crippen LogP) is 13.1. The molecular formula is C46H30O. The Bertz CT molecular complexity index is 3710. The van der Waals surface area contributed by atoms with Gasteiger partial charge in [-0.1, -0.05) is 181 Å². The SMILES string of the molecule is [2H]c1c([2H])c([2H])c(-c2ccccc2-c2oc3c(-c4c([2H])c([2H])c([2H])c([2H])c4[2H])cccc3c2-c2c3c([2H])c([2H])c([2H])c([2H])c3c(-c3c([2H])c([2H])c([2H])c([2H])c3[2H])c3c([2H])c([2H])c([2H])c([2H])c23)c([2H])c1[2H]. The number of furan rings is 1. The van der Waals surface area contributed by atoms with Crippen LogP contribution in [0.3, 0.4) is 0 Å². The van der Waals surface area contributed by atoms with E-state index in [1.54, 1.807) is 0 Å². The predicted molar refractivity (Wildman–Crippen MR) is 198 cm³/mol. The summed E-state index contributed by atoms with van der Waals surface area (Å²) in [7, 11) is 0. The third-order valence-electron chi connectivity index (χ3n) is 7.80. The fourth-order valence-corrected chi connectivity index (χ4v) is 5.92. The number of benzene rings is 8. The van der Waals surface area contributed by atoms with Gasteiger partial charge < -0.3 is 4.42 Å². The molecule has 0 atom stereocenters. The summed E-state index contributed by atoms with van der Waals surface area (Å²) < 4.78 is 211. The zero-order valence-electron chi connectivity index (χ0n) is 46.9. The maximum absolute atomic E-state index is 9.60. The topological polar surface area (TPSA) is 13.1 Å². The molecule has 8 aromatic carbocycles. The number of para-hydroxylation sites is 1. The smallest absolute Gasteiger partial charge is 0.143 e. The van der Waals surface area contributed by atoms with E-state index in [2.05, 4.69) is 0 Å². The molecule has 9 aromatic rings. The first kappa shape index (κ1) is 12.5. The van der Waals surface area contributed by atoms with E-state index in [0.717, 1.165) is 0 Å². The summed E-state index contributed by atoms with van der Waals surface area (Å²) in [5.74, 6) is -0.324. The summed E-state index contributed by atoms with van der Waals surface area (Å²) in [5, 5.41) is -2.13. The molecule has 220 valence electrons. The highest BCUT2D eigenvalue weighted by molar-refractivity contribution is 6.25. The molecule has 0 saturated carbocycles. The lowest BCUT2D eigenvalue weighted by Gasteiger charge is -2.18. The van der Waals surface area contributed by atoms with Gasteiger partial charge in [0.25, 0.3) is 0 Å². The molecule has 1 heterocycles. The Morgan fingerprint density at radius 3 is 1.36 bits per heavy atom.